The van der Waals surface area contributed by atoms with Crippen molar-refractivity contribution in [2.24, 2.45) is 0 Å². The zero-order valence-corrected chi connectivity index (χ0v) is 19.5. The summed E-state index contributed by atoms with van der Waals surface area (Å²) in [6, 6.07) is 17.9. The average molecular weight is 517 g/mol. The number of nitrogens with zero attached hydrogens (tertiary/aromatic N) is 1. The van der Waals surface area contributed by atoms with Crippen LogP contribution in [0.2, 0.25) is 0 Å². The molecule has 4 aromatic rings. The molecule has 4 rings (SSSR count). The summed E-state index contributed by atoms with van der Waals surface area (Å²) < 4.78 is 53.3. The zero-order chi connectivity index (χ0) is 25.4. The summed E-state index contributed by atoms with van der Waals surface area (Å²) in [5, 5.41) is 40.2. The maximum atomic E-state index is 13.4. The van der Waals surface area contributed by atoms with Gasteiger partial charge in [0.15, 0.2) is 23.0 Å². The Labute approximate surface area is 201 Å². The first-order chi connectivity index (χ1) is 16.5. The van der Waals surface area contributed by atoms with E-state index in [2.05, 4.69) is 0 Å². The largest absolute Gasteiger partial charge is 0.504 e. The van der Waals surface area contributed by atoms with Crippen LogP contribution in [-0.2, 0) is 26.6 Å². The van der Waals surface area contributed by atoms with Gasteiger partial charge in [-0.2, -0.15) is 0 Å². The summed E-state index contributed by atoms with van der Waals surface area (Å²) in [4.78, 5) is 1.02. The van der Waals surface area contributed by atoms with Crippen molar-refractivity contribution in [1.82, 2.24) is 9.25 Å². The third kappa shape index (κ3) is 5.00. The zero-order valence-electron chi connectivity index (χ0n) is 17.9. The summed E-state index contributed by atoms with van der Waals surface area (Å²) in [5.41, 5.74) is 0.450. The van der Waals surface area contributed by atoms with Crippen LogP contribution in [0.3, 0.4) is 0 Å². The highest BCUT2D eigenvalue weighted by Crippen LogP contribution is 2.30. The molecule has 0 aromatic heterocycles. The molecular formula is C23H20N2O8S2. The summed E-state index contributed by atoms with van der Waals surface area (Å²) >= 11 is 0. The lowest BCUT2D eigenvalue weighted by molar-refractivity contribution is 0.369. The van der Waals surface area contributed by atoms with Crippen LogP contribution in [0.4, 0.5) is 0 Å². The first-order valence-corrected chi connectivity index (χ1v) is 13.0. The van der Waals surface area contributed by atoms with Crippen molar-refractivity contribution in [2.75, 3.05) is 0 Å². The van der Waals surface area contributed by atoms with Crippen LogP contribution in [0.25, 0.3) is 10.8 Å². The van der Waals surface area contributed by atoms with Crippen molar-refractivity contribution >= 4 is 30.8 Å². The molecule has 10 nitrogen and oxygen atoms in total. The van der Waals surface area contributed by atoms with Crippen molar-refractivity contribution < 1.29 is 37.3 Å². The molecule has 5 N–H and O–H groups in total. The van der Waals surface area contributed by atoms with E-state index in [-0.39, 0.29) is 0 Å². The van der Waals surface area contributed by atoms with Crippen LogP contribution in [0.1, 0.15) is 5.56 Å². The van der Waals surface area contributed by atoms with Crippen molar-refractivity contribution in [1.29, 1.82) is 0 Å². The average Bonchev–Trinajstić information content (AvgIpc) is 2.81. The Morgan fingerprint density at radius 1 is 0.629 bits per heavy atom. The van der Waals surface area contributed by atoms with Crippen molar-refractivity contribution in [2.45, 2.75) is 16.3 Å². The van der Waals surface area contributed by atoms with E-state index in [1.165, 1.54) is 0 Å². The highest BCUT2D eigenvalue weighted by atomic mass is 32.2. The molecule has 4 aromatic carbocycles. The lowest BCUT2D eigenvalue weighted by Gasteiger charge is -2.23. The topological polar surface area (TPSA) is 164 Å². The molecule has 0 aliphatic heterocycles. The molecule has 0 unspecified atom stereocenters. The summed E-state index contributed by atoms with van der Waals surface area (Å²) in [7, 11) is -9.15. The van der Waals surface area contributed by atoms with Crippen molar-refractivity contribution in [3.05, 3.63) is 84.4 Å². The minimum absolute atomic E-state index is 0.432. The fourth-order valence-corrected chi connectivity index (χ4v) is 6.03. The number of aromatic hydroxyl groups is 4. The second-order valence-electron chi connectivity index (χ2n) is 7.59. The Bertz CT molecular complexity index is 1640. The highest BCUT2D eigenvalue weighted by molar-refractivity contribution is 7.92. The van der Waals surface area contributed by atoms with Gasteiger partial charge in [-0.25, -0.2) is 16.8 Å². The summed E-state index contributed by atoms with van der Waals surface area (Å²) in [5.74, 6) is -2.52. The number of fused-ring (bicyclic) bond motifs is 1. The number of hydrazine groups is 1. The number of nitrogens with one attached hydrogen (secondary N) is 1. The van der Waals surface area contributed by atoms with Crippen LogP contribution < -0.4 is 4.83 Å². The highest BCUT2D eigenvalue weighted by Gasteiger charge is 2.31. The molecule has 0 aliphatic carbocycles. The Balaban J connectivity index is 1.78. The second-order valence-corrected chi connectivity index (χ2v) is 11.1. The number of sulfonamides is 2. The summed E-state index contributed by atoms with van der Waals surface area (Å²) in [6.07, 6.45) is 0. The molecule has 0 aliphatic rings. The molecule has 0 amide bonds. The first kappa shape index (κ1) is 24.3. The van der Waals surface area contributed by atoms with Crippen LogP contribution in [-0.4, -0.2) is 41.7 Å². The molecule has 0 spiro atoms. The molecule has 0 fully saturated rings. The molecule has 35 heavy (non-hydrogen) atoms. The van der Waals surface area contributed by atoms with E-state index in [1.807, 2.05) is 23.0 Å². The van der Waals surface area contributed by atoms with Gasteiger partial charge in [0, 0.05) is 12.1 Å². The van der Waals surface area contributed by atoms with Gasteiger partial charge in [-0.05, 0) is 46.7 Å². The molecule has 12 heteroatoms. The van der Waals surface area contributed by atoms with Gasteiger partial charge in [0.2, 0.25) is 0 Å². The molecule has 0 heterocycles. The molecule has 0 saturated carbocycles. The number of hydrogen-bond acceptors (Lipinski definition) is 8. The lowest BCUT2D eigenvalue weighted by Crippen LogP contribution is -2.45. The predicted octanol–water partition coefficient (Wildman–Crippen LogP) is 2.75. The van der Waals surface area contributed by atoms with Gasteiger partial charge in [-0.3, -0.25) is 0 Å². The van der Waals surface area contributed by atoms with Gasteiger partial charge >= 0.3 is 0 Å². The molecule has 0 atom stereocenters. The molecule has 0 radical (unpaired) electrons. The van der Waals surface area contributed by atoms with E-state index >= 15 is 0 Å². The van der Waals surface area contributed by atoms with Crippen LogP contribution in [0.15, 0.2) is 88.7 Å². The van der Waals surface area contributed by atoms with Crippen molar-refractivity contribution in [3.63, 3.8) is 0 Å². The Morgan fingerprint density at radius 3 is 1.83 bits per heavy atom. The Kier molecular flexibility index (Phi) is 6.30. The van der Waals surface area contributed by atoms with E-state index in [0.717, 1.165) is 47.2 Å². The van der Waals surface area contributed by atoms with Crippen LogP contribution in [0.5, 0.6) is 23.0 Å². The first-order valence-electron chi connectivity index (χ1n) is 10.0. The van der Waals surface area contributed by atoms with Gasteiger partial charge in [0.1, 0.15) is 0 Å². The fourth-order valence-electron chi connectivity index (χ4n) is 3.32. The molecular weight excluding hydrogens is 496 g/mol. The van der Waals surface area contributed by atoms with Gasteiger partial charge in [-0.1, -0.05) is 36.4 Å². The SMILES string of the molecule is O=S(=O)(NN(Cc1ccc2ccccc2c1)S(=O)(=O)c1ccc(O)c(O)c1)c1ccc(O)c(O)c1. The number of hydrogen-bond donors (Lipinski definition) is 5. The number of benzene rings is 4. The smallest absolute Gasteiger partial charge is 0.257 e. The van der Waals surface area contributed by atoms with Gasteiger partial charge in [0.05, 0.1) is 16.3 Å². The van der Waals surface area contributed by atoms with Crippen molar-refractivity contribution in [3.8, 4) is 23.0 Å². The maximum Gasteiger partial charge on any atom is 0.257 e. The van der Waals surface area contributed by atoms with Gasteiger partial charge < -0.3 is 20.4 Å². The number of phenolic OH excluding ortho intramolecular Hbond substituents is 4. The maximum absolute atomic E-state index is 13.4. The normalized spacial score (nSPS) is 12.3. The van der Waals surface area contributed by atoms with Crippen LogP contribution in [0, 0.1) is 0 Å². The molecule has 0 saturated heterocycles. The number of rotatable bonds is 7. The Morgan fingerprint density at radius 2 is 1.20 bits per heavy atom. The predicted molar refractivity (Wildman–Crippen MR) is 127 cm³/mol. The van der Waals surface area contributed by atoms with Gasteiger partial charge in [0.25, 0.3) is 20.0 Å². The lowest BCUT2D eigenvalue weighted by atomic mass is 10.1. The molecule has 182 valence electrons. The second kappa shape index (κ2) is 9.07. The third-order valence-corrected chi connectivity index (χ3v) is 8.26. The van der Waals surface area contributed by atoms with E-state index in [9.17, 15) is 37.3 Å². The minimum Gasteiger partial charge on any atom is -0.504 e. The minimum atomic E-state index is -4.59. The summed E-state index contributed by atoms with van der Waals surface area (Å²) in [6.45, 7) is -0.432. The number of phenols is 4. The molecule has 0 bridgehead atoms. The monoisotopic (exact) mass is 516 g/mol. The third-order valence-electron chi connectivity index (χ3n) is 5.15. The van der Waals surface area contributed by atoms with E-state index in [0.29, 0.717) is 9.98 Å². The van der Waals surface area contributed by atoms with Gasteiger partial charge in [-0.15, -0.1) is 9.25 Å². The van der Waals surface area contributed by atoms with E-state index < -0.39 is 59.4 Å². The van der Waals surface area contributed by atoms with Crippen LogP contribution >= 0.6 is 0 Å². The standard InChI is InChI=1S/C23H20N2O8S2/c26-20-9-7-18(12-22(20)28)34(30,31)24-25(35(32,33)19-8-10-21(27)23(29)13-19)14-15-5-6-16-3-1-2-4-17(16)11-15/h1-13,24,26-29H,14H2. The Hall–Kier alpha value is -3.84. The fraction of sp³-hybridized carbons (Fsp3) is 0.0435. The van der Waals surface area contributed by atoms with E-state index in [4.69, 9.17) is 0 Å². The quantitative estimate of drug-likeness (QED) is 0.185. The van der Waals surface area contributed by atoms with E-state index in [1.54, 1.807) is 24.3 Å².